The van der Waals surface area contributed by atoms with Crippen LogP contribution in [0.5, 0.6) is 0 Å². The number of guanidine groups is 1. The summed E-state index contributed by atoms with van der Waals surface area (Å²) in [6.07, 6.45) is 2.80. The lowest BCUT2D eigenvalue weighted by atomic mass is 9.99. The molecule has 0 aliphatic carbocycles. The third-order valence-corrected chi connectivity index (χ3v) is 4.29. The lowest BCUT2D eigenvalue weighted by Crippen LogP contribution is -2.41. The lowest BCUT2D eigenvalue weighted by molar-refractivity contribution is -0.128. The molecule has 1 aliphatic rings. The Balaban J connectivity index is 0.00000288. The van der Waals surface area contributed by atoms with Crippen LogP contribution in [-0.4, -0.2) is 62.4 Å². The molecule has 6 heteroatoms. The number of carbonyl (C=O) groups excluding carboxylic acids is 1. The second kappa shape index (κ2) is 10.5. The van der Waals surface area contributed by atoms with Crippen molar-refractivity contribution < 1.29 is 4.79 Å². The van der Waals surface area contributed by atoms with Gasteiger partial charge in [0, 0.05) is 47.2 Å². The number of nitrogens with zero attached hydrogens (tertiary/aromatic N) is 3. The summed E-state index contributed by atoms with van der Waals surface area (Å²) in [7, 11) is 5.37. The Bertz CT molecular complexity index is 533. The fourth-order valence-corrected chi connectivity index (χ4v) is 2.98. The predicted octanol–water partition coefficient (Wildman–Crippen LogP) is 2.22. The van der Waals surface area contributed by atoms with Crippen LogP contribution in [0.4, 0.5) is 0 Å². The minimum absolute atomic E-state index is 0. The van der Waals surface area contributed by atoms with Gasteiger partial charge in [0.15, 0.2) is 5.96 Å². The first-order chi connectivity index (χ1) is 11.1. The molecule has 0 spiro atoms. The number of rotatable bonds is 5. The molecule has 5 nitrogen and oxygen atoms in total. The summed E-state index contributed by atoms with van der Waals surface area (Å²) in [5.41, 5.74) is 1.40. The van der Waals surface area contributed by atoms with E-state index < -0.39 is 0 Å². The number of amides is 1. The molecule has 1 heterocycles. The largest absolute Gasteiger partial charge is 0.356 e. The van der Waals surface area contributed by atoms with E-state index in [1.165, 1.54) is 12.0 Å². The second-order valence-corrected chi connectivity index (χ2v) is 6.30. The van der Waals surface area contributed by atoms with Gasteiger partial charge in [-0.3, -0.25) is 9.79 Å². The Kier molecular flexibility index (Phi) is 9.10. The highest BCUT2D eigenvalue weighted by Gasteiger charge is 2.24. The van der Waals surface area contributed by atoms with Gasteiger partial charge < -0.3 is 15.1 Å². The highest BCUT2D eigenvalue weighted by atomic mass is 127. The van der Waals surface area contributed by atoms with Gasteiger partial charge in [-0.05, 0) is 24.3 Å². The first kappa shape index (κ1) is 20.7. The molecule has 1 aliphatic heterocycles. The molecule has 0 saturated carbocycles. The highest BCUT2D eigenvalue weighted by molar-refractivity contribution is 14.0. The highest BCUT2D eigenvalue weighted by Crippen LogP contribution is 2.20. The van der Waals surface area contributed by atoms with E-state index in [4.69, 9.17) is 0 Å². The Hall–Kier alpha value is -1.31. The smallest absolute Gasteiger partial charge is 0.223 e. The summed E-state index contributed by atoms with van der Waals surface area (Å²) in [4.78, 5) is 19.9. The van der Waals surface area contributed by atoms with Crippen molar-refractivity contribution >= 4 is 35.8 Å². The van der Waals surface area contributed by atoms with Crippen molar-refractivity contribution in [3.05, 3.63) is 35.9 Å². The van der Waals surface area contributed by atoms with Crippen molar-refractivity contribution in [1.29, 1.82) is 0 Å². The maximum absolute atomic E-state index is 11.6. The predicted molar refractivity (Wildman–Crippen MR) is 110 cm³/mol. The number of nitrogens with one attached hydrogen (secondary N) is 1. The first-order valence-electron chi connectivity index (χ1n) is 8.30. The first-order valence-corrected chi connectivity index (χ1v) is 8.30. The lowest BCUT2D eigenvalue weighted by Gasteiger charge is -2.22. The van der Waals surface area contributed by atoms with Gasteiger partial charge in [0.2, 0.25) is 5.91 Å². The Morgan fingerprint density at radius 3 is 2.67 bits per heavy atom. The van der Waals surface area contributed by atoms with E-state index in [-0.39, 0.29) is 29.9 Å². The van der Waals surface area contributed by atoms with E-state index in [1.54, 1.807) is 26.0 Å². The van der Waals surface area contributed by atoms with Crippen LogP contribution in [0.2, 0.25) is 0 Å². The van der Waals surface area contributed by atoms with E-state index in [0.717, 1.165) is 25.5 Å². The van der Waals surface area contributed by atoms with Crippen LogP contribution in [0, 0.1) is 5.92 Å². The molecule has 0 radical (unpaired) electrons. The zero-order valence-corrected chi connectivity index (χ0v) is 17.2. The molecule has 1 atom stereocenters. The molecule has 24 heavy (non-hydrogen) atoms. The van der Waals surface area contributed by atoms with Gasteiger partial charge in [0.25, 0.3) is 0 Å². The molecule has 2 rings (SSSR count). The molecule has 1 saturated heterocycles. The molecular formula is C18H29IN4O. The molecule has 1 fully saturated rings. The number of benzene rings is 1. The average molecular weight is 444 g/mol. The van der Waals surface area contributed by atoms with Crippen LogP contribution >= 0.6 is 24.0 Å². The van der Waals surface area contributed by atoms with Gasteiger partial charge in [0.05, 0.1) is 0 Å². The zero-order valence-electron chi connectivity index (χ0n) is 14.9. The van der Waals surface area contributed by atoms with E-state index in [9.17, 15) is 4.79 Å². The van der Waals surface area contributed by atoms with Crippen LogP contribution in [0.3, 0.4) is 0 Å². The fraction of sp³-hybridized carbons (Fsp3) is 0.556. The van der Waals surface area contributed by atoms with Crippen LogP contribution in [0.1, 0.15) is 18.4 Å². The summed E-state index contributed by atoms with van der Waals surface area (Å²) in [6, 6.07) is 10.7. The fourth-order valence-electron chi connectivity index (χ4n) is 2.98. The molecule has 134 valence electrons. The van der Waals surface area contributed by atoms with Gasteiger partial charge >= 0.3 is 0 Å². The average Bonchev–Trinajstić information content (AvgIpc) is 3.00. The summed E-state index contributed by atoms with van der Waals surface area (Å²) < 4.78 is 0. The molecule has 0 aromatic heterocycles. The quantitative estimate of drug-likeness (QED) is 0.431. The molecule has 1 aromatic rings. The van der Waals surface area contributed by atoms with Crippen LogP contribution in [0.25, 0.3) is 0 Å². The SMILES string of the molecule is CN=C(NCCC(=O)N(C)C)N1CCC(Cc2ccccc2)C1.I. The Labute approximate surface area is 162 Å². The third kappa shape index (κ3) is 6.30. The van der Waals surface area contributed by atoms with Crippen LogP contribution in [-0.2, 0) is 11.2 Å². The van der Waals surface area contributed by atoms with E-state index in [2.05, 4.69) is 45.5 Å². The molecule has 1 aromatic carbocycles. The second-order valence-electron chi connectivity index (χ2n) is 6.30. The minimum Gasteiger partial charge on any atom is -0.356 e. The monoisotopic (exact) mass is 444 g/mol. The summed E-state index contributed by atoms with van der Waals surface area (Å²) in [6.45, 7) is 2.68. The summed E-state index contributed by atoms with van der Waals surface area (Å²) >= 11 is 0. The van der Waals surface area contributed by atoms with E-state index in [0.29, 0.717) is 18.9 Å². The van der Waals surface area contributed by atoms with Gasteiger partial charge in [-0.2, -0.15) is 0 Å². The van der Waals surface area contributed by atoms with Crippen LogP contribution < -0.4 is 5.32 Å². The van der Waals surface area contributed by atoms with E-state index in [1.807, 2.05) is 0 Å². The van der Waals surface area contributed by atoms with Gasteiger partial charge in [0.1, 0.15) is 0 Å². The number of hydrogen-bond acceptors (Lipinski definition) is 2. The molecule has 1 amide bonds. The van der Waals surface area contributed by atoms with Crippen molar-refractivity contribution in [3.8, 4) is 0 Å². The maximum atomic E-state index is 11.6. The summed E-state index contributed by atoms with van der Waals surface area (Å²) in [5.74, 6) is 1.71. The van der Waals surface area contributed by atoms with Crippen molar-refractivity contribution in [3.63, 3.8) is 0 Å². The van der Waals surface area contributed by atoms with Gasteiger partial charge in [-0.15, -0.1) is 24.0 Å². The number of hydrogen-bond donors (Lipinski definition) is 1. The van der Waals surface area contributed by atoms with Crippen molar-refractivity contribution in [2.45, 2.75) is 19.3 Å². The molecular weight excluding hydrogens is 415 g/mol. The van der Waals surface area contributed by atoms with Crippen molar-refractivity contribution in [2.75, 3.05) is 40.8 Å². The van der Waals surface area contributed by atoms with Crippen molar-refractivity contribution in [1.82, 2.24) is 15.1 Å². The maximum Gasteiger partial charge on any atom is 0.223 e. The Morgan fingerprint density at radius 2 is 2.04 bits per heavy atom. The molecule has 1 N–H and O–H groups in total. The molecule has 1 unspecified atom stereocenters. The van der Waals surface area contributed by atoms with Crippen molar-refractivity contribution in [2.24, 2.45) is 10.9 Å². The topological polar surface area (TPSA) is 47.9 Å². The van der Waals surface area contributed by atoms with Gasteiger partial charge in [-0.1, -0.05) is 30.3 Å². The summed E-state index contributed by atoms with van der Waals surface area (Å²) in [5, 5.41) is 3.31. The number of halogens is 1. The standard InChI is InChI=1S/C18H28N4O.HI/c1-19-18(20-11-9-17(23)21(2)3)22-12-10-16(14-22)13-15-7-5-4-6-8-15;/h4-8,16H,9-14H2,1-3H3,(H,19,20);1H. The number of likely N-dealkylation sites (tertiary alicyclic amines) is 1. The normalized spacial score (nSPS) is 17.4. The zero-order chi connectivity index (χ0) is 16.7. The van der Waals surface area contributed by atoms with E-state index >= 15 is 0 Å². The molecule has 0 bridgehead atoms. The van der Waals surface area contributed by atoms with Crippen LogP contribution in [0.15, 0.2) is 35.3 Å². The number of aliphatic imine (C=N–C) groups is 1. The third-order valence-electron chi connectivity index (χ3n) is 4.29. The van der Waals surface area contributed by atoms with Gasteiger partial charge in [-0.25, -0.2) is 0 Å². The number of carbonyl (C=O) groups is 1. The minimum atomic E-state index is 0. The Morgan fingerprint density at radius 1 is 1.33 bits per heavy atom.